The number of halogens is 2. The van der Waals surface area contributed by atoms with Crippen LogP contribution in [-0.4, -0.2) is 55.0 Å². The lowest BCUT2D eigenvalue weighted by Gasteiger charge is -2.34. The van der Waals surface area contributed by atoms with E-state index in [1.165, 1.54) is 5.56 Å². The maximum Gasteiger partial charge on any atom is 0.238 e. The number of amides is 1. The lowest BCUT2D eigenvalue weighted by Crippen LogP contribution is -2.48. The van der Waals surface area contributed by atoms with E-state index >= 15 is 0 Å². The molecule has 0 radical (unpaired) electrons. The van der Waals surface area contributed by atoms with Crippen molar-refractivity contribution in [2.24, 2.45) is 0 Å². The van der Waals surface area contributed by atoms with E-state index in [2.05, 4.69) is 63.8 Å². The van der Waals surface area contributed by atoms with Gasteiger partial charge in [-0.2, -0.15) is 0 Å². The lowest BCUT2D eigenvalue weighted by atomic mass is 10.1. The molecule has 29 heavy (non-hydrogen) atoms. The first kappa shape index (κ1) is 25.4. The molecule has 160 valence electrons. The van der Waals surface area contributed by atoms with Gasteiger partial charge in [-0.3, -0.25) is 14.6 Å². The Morgan fingerprint density at radius 2 is 1.52 bits per heavy atom. The Morgan fingerprint density at radius 1 is 0.897 bits per heavy atom. The van der Waals surface area contributed by atoms with Crippen molar-refractivity contribution < 1.29 is 4.79 Å². The van der Waals surface area contributed by atoms with Crippen molar-refractivity contribution in [3.63, 3.8) is 0 Å². The summed E-state index contributed by atoms with van der Waals surface area (Å²) in [5.74, 6) is 0.0652. The Balaban J connectivity index is 0.00000210. The zero-order valence-corrected chi connectivity index (χ0v) is 18.6. The van der Waals surface area contributed by atoms with E-state index < -0.39 is 0 Å². The molecule has 0 aliphatic carbocycles. The maximum absolute atomic E-state index is 12.5. The van der Waals surface area contributed by atoms with Crippen LogP contribution in [0.3, 0.4) is 0 Å². The van der Waals surface area contributed by atoms with Crippen LogP contribution in [0.5, 0.6) is 0 Å². The van der Waals surface area contributed by atoms with Crippen LogP contribution in [0.4, 0.5) is 5.69 Å². The Labute approximate surface area is 186 Å². The summed E-state index contributed by atoms with van der Waals surface area (Å²) in [5.41, 5.74) is 3.38. The highest BCUT2D eigenvalue weighted by atomic mass is 35.5. The van der Waals surface area contributed by atoms with E-state index in [9.17, 15) is 4.79 Å². The Morgan fingerprint density at radius 3 is 2.21 bits per heavy atom. The third kappa shape index (κ3) is 8.33. The summed E-state index contributed by atoms with van der Waals surface area (Å²) < 4.78 is 0. The molecular formula is C22H32Cl2N4O. The van der Waals surface area contributed by atoms with Crippen LogP contribution in [-0.2, 0) is 17.9 Å². The van der Waals surface area contributed by atoms with Crippen molar-refractivity contribution in [2.45, 2.75) is 20.0 Å². The van der Waals surface area contributed by atoms with Crippen molar-refractivity contribution >= 4 is 36.4 Å². The quantitative estimate of drug-likeness (QED) is 0.662. The van der Waals surface area contributed by atoms with Crippen molar-refractivity contribution in [2.75, 3.05) is 44.6 Å². The van der Waals surface area contributed by atoms with E-state index in [0.29, 0.717) is 6.54 Å². The van der Waals surface area contributed by atoms with Crippen molar-refractivity contribution in [3.05, 3.63) is 65.7 Å². The third-order valence-electron chi connectivity index (χ3n) is 4.94. The van der Waals surface area contributed by atoms with Gasteiger partial charge in [0.25, 0.3) is 0 Å². The van der Waals surface area contributed by atoms with E-state index in [1.807, 2.05) is 18.2 Å². The molecule has 1 heterocycles. The van der Waals surface area contributed by atoms with Crippen LogP contribution in [0.1, 0.15) is 18.1 Å². The Hall–Kier alpha value is -1.63. The van der Waals surface area contributed by atoms with Crippen LogP contribution >= 0.6 is 24.8 Å². The number of benzene rings is 2. The minimum Gasteiger partial charge on any atom is -0.325 e. The van der Waals surface area contributed by atoms with E-state index in [-0.39, 0.29) is 30.7 Å². The summed E-state index contributed by atoms with van der Waals surface area (Å²) in [7, 11) is 0. The number of anilines is 1. The average molecular weight is 439 g/mol. The number of rotatable bonds is 8. The molecule has 5 nitrogen and oxygen atoms in total. The molecule has 1 amide bonds. The van der Waals surface area contributed by atoms with Gasteiger partial charge >= 0.3 is 0 Å². The fourth-order valence-electron chi connectivity index (χ4n) is 3.40. The predicted octanol–water partition coefficient (Wildman–Crippen LogP) is 3.40. The van der Waals surface area contributed by atoms with Gasteiger partial charge in [-0.05, 0) is 23.7 Å². The largest absolute Gasteiger partial charge is 0.325 e. The first-order valence-corrected chi connectivity index (χ1v) is 9.81. The molecule has 2 N–H and O–H groups in total. The number of nitrogens with one attached hydrogen (secondary N) is 2. The molecule has 0 bridgehead atoms. The maximum atomic E-state index is 12.5. The van der Waals surface area contributed by atoms with Crippen LogP contribution in [0.25, 0.3) is 0 Å². The minimum atomic E-state index is 0. The summed E-state index contributed by atoms with van der Waals surface area (Å²) in [5, 5.41) is 6.40. The SMILES string of the molecule is CCNCc1ccccc1NC(=O)CN1CCN(Cc2ccccc2)CC1.Cl.Cl. The molecule has 0 spiro atoms. The first-order valence-electron chi connectivity index (χ1n) is 9.81. The molecule has 1 saturated heterocycles. The van der Waals surface area contributed by atoms with Gasteiger partial charge in [-0.25, -0.2) is 0 Å². The molecule has 0 atom stereocenters. The number of carbonyl (C=O) groups excluding carboxylic acids is 1. The van der Waals surface area contributed by atoms with Gasteiger partial charge in [0.1, 0.15) is 0 Å². The zero-order chi connectivity index (χ0) is 18.9. The lowest BCUT2D eigenvalue weighted by molar-refractivity contribution is -0.117. The molecular weight excluding hydrogens is 407 g/mol. The van der Waals surface area contributed by atoms with Crippen LogP contribution in [0.2, 0.25) is 0 Å². The van der Waals surface area contributed by atoms with Gasteiger partial charge < -0.3 is 10.6 Å². The highest BCUT2D eigenvalue weighted by molar-refractivity contribution is 5.93. The molecule has 1 aliphatic rings. The third-order valence-corrected chi connectivity index (χ3v) is 4.94. The summed E-state index contributed by atoms with van der Waals surface area (Å²) in [6, 6.07) is 18.6. The van der Waals surface area contributed by atoms with Gasteiger partial charge in [0.05, 0.1) is 6.54 Å². The molecule has 7 heteroatoms. The molecule has 0 saturated carbocycles. The molecule has 0 aromatic heterocycles. The molecule has 1 fully saturated rings. The number of nitrogens with zero attached hydrogens (tertiary/aromatic N) is 2. The van der Waals surface area contributed by atoms with Gasteiger partial charge in [-0.15, -0.1) is 24.8 Å². The second kappa shape index (κ2) is 13.6. The Bertz CT molecular complexity index is 722. The minimum absolute atomic E-state index is 0. The highest BCUT2D eigenvalue weighted by Gasteiger charge is 2.19. The Kier molecular flexibility index (Phi) is 11.9. The number of carbonyl (C=O) groups is 1. The second-order valence-corrected chi connectivity index (χ2v) is 7.02. The van der Waals surface area contributed by atoms with Crippen LogP contribution in [0, 0.1) is 0 Å². The predicted molar refractivity (Wildman–Crippen MR) is 125 cm³/mol. The monoisotopic (exact) mass is 438 g/mol. The van der Waals surface area contributed by atoms with Crippen LogP contribution in [0.15, 0.2) is 54.6 Å². The number of hydrogen-bond acceptors (Lipinski definition) is 4. The normalized spacial score (nSPS) is 14.5. The summed E-state index contributed by atoms with van der Waals surface area (Å²) in [6.07, 6.45) is 0. The van der Waals surface area contributed by atoms with Crippen molar-refractivity contribution in [3.8, 4) is 0 Å². The van der Waals surface area contributed by atoms with E-state index in [0.717, 1.165) is 57.1 Å². The topological polar surface area (TPSA) is 47.6 Å². The highest BCUT2D eigenvalue weighted by Crippen LogP contribution is 2.15. The van der Waals surface area contributed by atoms with Gasteiger partial charge in [0, 0.05) is 45.0 Å². The fraction of sp³-hybridized carbons (Fsp3) is 0.409. The zero-order valence-electron chi connectivity index (χ0n) is 17.0. The van der Waals surface area contributed by atoms with E-state index in [4.69, 9.17) is 0 Å². The van der Waals surface area contributed by atoms with E-state index in [1.54, 1.807) is 0 Å². The van der Waals surface area contributed by atoms with Crippen molar-refractivity contribution in [1.82, 2.24) is 15.1 Å². The smallest absolute Gasteiger partial charge is 0.238 e. The molecule has 1 aliphatic heterocycles. The van der Waals surface area contributed by atoms with Crippen LogP contribution < -0.4 is 10.6 Å². The summed E-state index contributed by atoms with van der Waals surface area (Å²) in [4.78, 5) is 17.2. The van der Waals surface area contributed by atoms with Gasteiger partial charge in [0.2, 0.25) is 5.91 Å². The summed E-state index contributed by atoms with van der Waals surface area (Å²) >= 11 is 0. The number of piperazine rings is 1. The molecule has 3 rings (SSSR count). The number of para-hydroxylation sites is 1. The molecule has 0 unspecified atom stereocenters. The fourth-order valence-corrected chi connectivity index (χ4v) is 3.40. The van der Waals surface area contributed by atoms with Gasteiger partial charge in [-0.1, -0.05) is 55.5 Å². The van der Waals surface area contributed by atoms with Crippen molar-refractivity contribution in [1.29, 1.82) is 0 Å². The summed E-state index contributed by atoms with van der Waals surface area (Å²) in [6.45, 7) is 9.06. The molecule has 2 aromatic rings. The number of hydrogen-bond donors (Lipinski definition) is 2. The first-order chi connectivity index (χ1) is 13.2. The molecule has 2 aromatic carbocycles. The standard InChI is InChI=1S/C22H30N4O.2ClH/c1-2-23-16-20-10-6-7-11-21(20)24-22(27)18-26-14-12-25(13-15-26)17-19-8-4-3-5-9-19;;/h3-11,23H,2,12-18H2,1H3,(H,24,27);2*1H. The average Bonchev–Trinajstić information content (AvgIpc) is 2.69. The van der Waals surface area contributed by atoms with Gasteiger partial charge in [0.15, 0.2) is 0 Å². The second-order valence-electron chi connectivity index (χ2n) is 7.02.